The fourth-order valence-corrected chi connectivity index (χ4v) is 4.55. The molecule has 2 aromatic heterocycles. The van der Waals surface area contributed by atoms with Gasteiger partial charge in [-0.25, -0.2) is 8.89 Å². The second-order valence-corrected chi connectivity index (χ2v) is 9.33. The van der Waals surface area contributed by atoms with E-state index >= 15 is 0 Å². The van der Waals surface area contributed by atoms with Crippen LogP contribution in [0.3, 0.4) is 0 Å². The maximum Gasteiger partial charge on any atom is 0.471 e. The van der Waals surface area contributed by atoms with Crippen LogP contribution in [0.4, 0.5) is 13.2 Å². The highest BCUT2D eigenvalue weighted by Crippen LogP contribution is 2.29. The third-order valence-corrected chi connectivity index (χ3v) is 6.44. The summed E-state index contributed by atoms with van der Waals surface area (Å²) in [4.78, 5) is 16.4. The molecular formula is C21H16F3N5O3S. The molecule has 0 N–H and O–H groups in total. The average molecular weight is 475 g/mol. The first-order chi connectivity index (χ1) is 15.5. The number of benzene rings is 2. The molecule has 0 aliphatic heterocycles. The molecule has 8 nitrogen and oxygen atoms in total. The highest BCUT2D eigenvalue weighted by atomic mass is 32.2. The average Bonchev–Trinajstić information content (AvgIpc) is 3.44. The minimum atomic E-state index is -4.73. The molecule has 2 aromatic carbocycles. The van der Waals surface area contributed by atoms with Crippen LogP contribution in [0.2, 0.25) is 0 Å². The van der Waals surface area contributed by atoms with Gasteiger partial charge in [-0.3, -0.25) is 4.79 Å². The van der Waals surface area contributed by atoms with Crippen molar-refractivity contribution < 1.29 is 26.7 Å². The van der Waals surface area contributed by atoms with E-state index in [1.165, 1.54) is 35.5 Å². The number of hydrogen-bond donors (Lipinski definition) is 0. The minimum absolute atomic E-state index is 0.134. The Morgan fingerprint density at radius 3 is 2.45 bits per heavy atom. The standard InChI is InChI=1S/C21H16F3N5O3S/c1-13-5-3-4-6-17(13)33(2,31)28-19(30)15-11-25-29(12-15)16-9-7-14(8-10-16)18-26-20(32-27-18)21(22,23)24/h3-12H,1-2H3. The molecular weight excluding hydrogens is 459 g/mol. The first-order valence-corrected chi connectivity index (χ1v) is 11.4. The van der Waals surface area contributed by atoms with Gasteiger partial charge < -0.3 is 4.52 Å². The molecule has 0 aliphatic carbocycles. The van der Waals surface area contributed by atoms with Crippen molar-refractivity contribution >= 4 is 15.6 Å². The van der Waals surface area contributed by atoms with Crippen LogP contribution in [0.5, 0.6) is 0 Å². The number of hydrogen-bond acceptors (Lipinski definition) is 6. The lowest BCUT2D eigenvalue weighted by Gasteiger charge is -2.06. The van der Waals surface area contributed by atoms with Crippen LogP contribution < -0.4 is 0 Å². The summed E-state index contributed by atoms with van der Waals surface area (Å²) in [7, 11) is -2.95. The Hall–Kier alpha value is -3.80. The molecule has 1 atom stereocenters. The van der Waals surface area contributed by atoms with E-state index in [0.29, 0.717) is 16.1 Å². The Labute approximate surface area is 186 Å². The van der Waals surface area contributed by atoms with Crippen molar-refractivity contribution in [2.75, 3.05) is 6.26 Å². The lowest BCUT2D eigenvalue weighted by molar-refractivity contribution is -0.159. The van der Waals surface area contributed by atoms with Crippen LogP contribution in [0.1, 0.15) is 21.8 Å². The van der Waals surface area contributed by atoms with E-state index in [4.69, 9.17) is 0 Å². The van der Waals surface area contributed by atoms with Crippen molar-refractivity contribution in [2.45, 2.75) is 18.0 Å². The summed E-state index contributed by atoms with van der Waals surface area (Å²) >= 11 is 0. The molecule has 0 spiro atoms. The first-order valence-electron chi connectivity index (χ1n) is 9.43. The maximum atomic E-state index is 13.0. The molecule has 0 fully saturated rings. The van der Waals surface area contributed by atoms with Gasteiger partial charge in [0.05, 0.1) is 32.1 Å². The third-order valence-electron chi connectivity index (χ3n) is 4.65. The lowest BCUT2D eigenvalue weighted by Crippen LogP contribution is -2.05. The normalized spacial score (nSPS) is 13.5. The van der Waals surface area contributed by atoms with E-state index in [1.54, 1.807) is 43.3 Å². The van der Waals surface area contributed by atoms with Crippen LogP contribution in [0.25, 0.3) is 17.1 Å². The summed E-state index contributed by atoms with van der Waals surface area (Å²) in [5.74, 6) is -2.32. The van der Waals surface area contributed by atoms with Gasteiger partial charge in [-0.2, -0.15) is 27.6 Å². The van der Waals surface area contributed by atoms with Crippen LogP contribution in [-0.4, -0.2) is 36.3 Å². The molecule has 1 amide bonds. The number of aryl methyl sites for hydroxylation is 1. The largest absolute Gasteiger partial charge is 0.471 e. The summed E-state index contributed by atoms with van der Waals surface area (Å²) in [6, 6.07) is 13.1. The smallest absolute Gasteiger partial charge is 0.329 e. The molecule has 0 radical (unpaired) electrons. The topological polar surface area (TPSA) is 103 Å². The zero-order valence-electron chi connectivity index (χ0n) is 17.3. The van der Waals surface area contributed by atoms with Crippen LogP contribution >= 0.6 is 0 Å². The van der Waals surface area contributed by atoms with Crippen LogP contribution in [0, 0.1) is 6.92 Å². The Balaban J connectivity index is 1.56. The molecule has 2 heterocycles. The molecule has 4 rings (SSSR count). The van der Waals surface area contributed by atoms with E-state index in [2.05, 4.69) is 24.1 Å². The van der Waals surface area contributed by atoms with Crippen molar-refractivity contribution in [3.8, 4) is 17.1 Å². The number of rotatable bonds is 4. The molecule has 12 heteroatoms. The van der Waals surface area contributed by atoms with Gasteiger partial charge in [0, 0.05) is 18.0 Å². The van der Waals surface area contributed by atoms with Gasteiger partial charge >= 0.3 is 12.1 Å². The number of amides is 1. The molecule has 170 valence electrons. The van der Waals surface area contributed by atoms with Crippen molar-refractivity contribution in [1.82, 2.24) is 19.9 Å². The predicted octanol–water partition coefficient (Wildman–Crippen LogP) is 4.55. The SMILES string of the molecule is Cc1ccccc1S(C)(=O)=NC(=O)c1cnn(-c2ccc(-c3noc(C(F)(F)F)n3)cc2)c1. The van der Waals surface area contributed by atoms with Gasteiger partial charge in [-0.1, -0.05) is 23.4 Å². The lowest BCUT2D eigenvalue weighted by atomic mass is 10.2. The second-order valence-electron chi connectivity index (χ2n) is 7.11. The summed E-state index contributed by atoms with van der Waals surface area (Å²) in [5.41, 5.74) is 1.73. The number of halogens is 3. The van der Waals surface area contributed by atoms with Gasteiger partial charge in [0.1, 0.15) is 0 Å². The van der Waals surface area contributed by atoms with E-state index in [0.717, 1.165) is 5.56 Å². The third kappa shape index (κ3) is 4.70. The predicted molar refractivity (Wildman–Crippen MR) is 112 cm³/mol. The van der Waals surface area contributed by atoms with Gasteiger partial charge in [-0.05, 0) is 42.8 Å². The van der Waals surface area contributed by atoms with Gasteiger partial charge in [0.15, 0.2) is 0 Å². The maximum absolute atomic E-state index is 13.0. The second kappa shape index (κ2) is 8.28. The van der Waals surface area contributed by atoms with Crippen LogP contribution in [-0.2, 0) is 15.9 Å². The van der Waals surface area contributed by atoms with Crippen molar-refractivity contribution in [2.24, 2.45) is 4.36 Å². The number of carbonyl (C=O) groups is 1. The number of aromatic nitrogens is 4. The molecule has 4 aromatic rings. The van der Waals surface area contributed by atoms with Crippen LogP contribution in [0.15, 0.2) is 74.7 Å². The van der Waals surface area contributed by atoms with Gasteiger partial charge in [0.25, 0.3) is 5.91 Å². The quantitative estimate of drug-likeness (QED) is 0.429. The zero-order valence-corrected chi connectivity index (χ0v) is 18.1. The Morgan fingerprint density at radius 2 is 1.82 bits per heavy atom. The Bertz CT molecular complexity index is 1450. The summed E-state index contributed by atoms with van der Waals surface area (Å²) in [6.45, 7) is 1.79. The zero-order chi connectivity index (χ0) is 23.8. The van der Waals surface area contributed by atoms with Crippen molar-refractivity contribution in [1.29, 1.82) is 0 Å². The number of nitrogens with zero attached hydrogens (tertiary/aromatic N) is 5. The van der Waals surface area contributed by atoms with E-state index < -0.39 is 27.7 Å². The number of carbonyl (C=O) groups excluding carboxylic acids is 1. The number of alkyl halides is 3. The Morgan fingerprint density at radius 1 is 1.12 bits per heavy atom. The van der Waals surface area contributed by atoms with Gasteiger partial charge in [-0.15, -0.1) is 0 Å². The summed E-state index contributed by atoms with van der Waals surface area (Å²) in [5, 5.41) is 7.45. The highest BCUT2D eigenvalue weighted by Gasteiger charge is 2.38. The van der Waals surface area contributed by atoms with Crippen molar-refractivity contribution in [3.05, 3.63) is 77.9 Å². The summed E-state index contributed by atoms with van der Waals surface area (Å²) < 4.78 is 60.4. The molecule has 1 unspecified atom stereocenters. The highest BCUT2D eigenvalue weighted by molar-refractivity contribution is 7.93. The molecule has 0 saturated carbocycles. The molecule has 0 bridgehead atoms. The van der Waals surface area contributed by atoms with E-state index in [-0.39, 0.29) is 11.4 Å². The fourth-order valence-electron chi connectivity index (χ4n) is 3.04. The van der Waals surface area contributed by atoms with E-state index in [1.807, 2.05) is 0 Å². The van der Waals surface area contributed by atoms with Gasteiger partial charge in [0.2, 0.25) is 5.82 Å². The Kier molecular flexibility index (Phi) is 5.62. The molecule has 0 aliphatic rings. The monoisotopic (exact) mass is 475 g/mol. The van der Waals surface area contributed by atoms with E-state index in [9.17, 15) is 22.2 Å². The minimum Gasteiger partial charge on any atom is -0.329 e. The molecule has 33 heavy (non-hydrogen) atoms. The first kappa shape index (κ1) is 22.4. The summed E-state index contributed by atoms with van der Waals surface area (Å²) in [6.07, 6.45) is -0.611. The van der Waals surface area contributed by atoms with Crippen molar-refractivity contribution in [3.63, 3.8) is 0 Å². The fraction of sp³-hybridized carbons (Fsp3) is 0.143. The molecule has 0 saturated heterocycles.